The summed E-state index contributed by atoms with van der Waals surface area (Å²) in [6, 6.07) is 11.4. The number of halogens is 1. The highest BCUT2D eigenvalue weighted by molar-refractivity contribution is 7.92. The smallest absolute Gasteiger partial charge is 0.264 e. The van der Waals surface area contributed by atoms with E-state index in [9.17, 15) is 26.0 Å². The number of nitrogens with one attached hydrogen (secondary N) is 2. The van der Waals surface area contributed by atoms with Gasteiger partial charge in [0.15, 0.2) is 0 Å². The van der Waals surface area contributed by atoms with Crippen molar-refractivity contribution in [3.63, 3.8) is 0 Å². The van der Waals surface area contributed by atoms with Gasteiger partial charge in [-0.25, -0.2) is 35.9 Å². The van der Waals surface area contributed by atoms with Gasteiger partial charge in [-0.15, -0.1) is 0 Å². The maximum atomic E-state index is 13.1. The molecule has 0 atom stereocenters. The largest absolute Gasteiger partial charge is 0.325 e. The third kappa shape index (κ3) is 5.98. The minimum Gasteiger partial charge on any atom is -0.325 e. The van der Waals surface area contributed by atoms with Crippen molar-refractivity contribution in [3.05, 3.63) is 72.8 Å². The molecule has 0 unspecified atom stereocenters. The zero-order chi connectivity index (χ0) is 23.4. The standard InChI is InChI=1S/C19H18FN5O5S2/c1-31(27,28)25(16-7-3-14(20)4-8-16)13-18(26)23-15-5-9-17(10-6-15)32(29,30)24-19-21-11-2-12-22-19/h2-12H,13H2,1H3,(H,23,26)(H,21,22,24). The monoisotopic (exact) mass is 479 g/mol. The number of benzene rings is 2. The first kappa shape index (κ1) is 23.1. The van der Waals surface area contributed by atoms with Crippen molar-refractivity contribution in [3.8, 4) is 0 Å². The van der Waals surface area contributed by atoms with E-state index in [0.717, 1.165) is 22.7 Å². The number of nitrogens with zero attached hydrogens (tertiary/aromatic N) is 3. The molecule has 0 aliphatic heterocycles. The van der Waals surface area contributed by atoms with Crippen LogP contribution < -0.4 is 14.3 Å². The summed E-state index contributed by atoms with van der Waals surface area (Å²) in [4.78, 5) is 19.9. The lowest BCUT2D eigenvalue weighted by Crippen LogP contribution is -2.37. The van der Waals surface area contributed by atoms with E-state index in [1.54, 1.807) is 0 Å². The van der Waals surface area contributed by atoms with Crippen LogP contribution in [0.15, 0.2) is 71.9 Å². The Labute approximate surface area is 184 Å². The molecule has 2 N–H and O–H groups in total. The molecule has 0 spiro atoms. The van der Waals surface area contributed by atoms with Crippen LogP contribution in [0.5, 0.6) is 0 Å². The molecule has 0 aliphatic rings. The van der Waals surface area contributed by atoms with Crippen molar-refractivity contribution < 1.29 is 26.0 Å². The van der Waals surface area contributed by atoms with Gasteiger partial charge in [0, 0.05) is 18.1 Å². The van der Waals surface area contributed by atoms with E-state index in [0.29, 0.717) is 0 Å². The highest BCUT2D eigenvalue weighted by Crippen LogP contribution is 2.19. The molecule has 168 valence electrons. The molecule has 3 rings (SSSR count). The molecular weight excluding hydrogens is 461 g/mol. The van der Waals surface area contributed by atoms with Crippen molar-refractivity contribution in [1.82, 2.24) is 9.97 Å². The topological polar surface area (TPSA) is 138 Å². The van der Waals surface area contributed by atoms with Crippen LogP contribution in [0.3, 0.4) is 0 Å². The zero-order valence-corrected chi connectivity index (χ0v) is 18.3. The molecule has 2 aromatic carbocycles. The molecule has 3 aromatic rings. The summed E-state index contributed by atoms with van der Waals surface area (Å²) in [6.07, 6.45) is 3.69. The Balaban J connectivity index is 1.70. The quantitative estimate of drug-likeness (QED) is 0.502. The Kier molecular flexibility index (Phi) is 6.69. The van der Waals surface area contributed by atoms with E-state index >= 15 is 0 Å². The minimum atomic E-state index is -3.94. The lowest BCUT2D eigenvalue weighted by molar-refractivity contribution is -0.114. The lowest BCUT2D eigenvalue weighted by atomic mass is 10.3. The average Bonchev–Trinajstić information content (AvgIpc) is 2.73. The van der Waals surface area contributed by atoms with Gasteiger partial charge in [-0.1, -0.05) is 0 Å². The van der Waals surface area contributed by atoms with Gasteiger partial charge in [0.2, 0.25) is 21.9 Å². The third-order valence-corrected chi connectivity index (χ3v) is 6.53. The summed E-state index contributed by atoms with van der Waals surface area (Å²) < 4.78 is 65.1. The Morgan fingerprint density at radius 1 is 0.969 bits per heavy atom. The van der Waals surface area contributed by atoms with Gasteiger partial charge < -0.3 is 5.32 Å². The number of hydrogen-bond acceptors (Lipinski definition) is 7. The Morgan fingerprint density at radius 3 is 2.12 bits per heavy atom. The Bertz CT molecular complexity index is 1300. The van der Waals surface area contributed by atoms with Crippen LogP contribution in [-0.2, 0) is 24.8 Å². The van der Waals surface area contributed by atoms with E-state index in [-0.39, 0.29) is 22.2 Å². The van der Waals surface area contributed by atoms with Crippen molar-refractivity contribution in [2.45, 2.75) is 4.90 Å². The SMILES string of the molecule is CS(=O)(=O)N(CC(=O)Nc1ccc(S(=O)(=O)Nc2ncccn2)cc1)c1ccc(F)cc1. The summed E-state index contributed by atoms with van der Waals surface area (Å²) in [5.41, 5.74) is 0.372. The van der Waals surface area contributed by atoms with E-state index < -0.39 is 38.3 Å². The molecule has 0 radical (unpaired) electrons. The van der Waals surface area contributed by atoms with Crippen LogP contribution in [-0.4, -0.2) is 45.5 Å². The molecule has 0 saturated heterocycles. The van der Waals surface area contributed by atoms with Gasteiger partial charge in [0.05, 0.1) is 16.8 Å². The average molecular weight is 480 g/mol. The number of anilines is 3. The fraction of sp³-hybridized carbons (Fsp3) is 0.105. The normalized spacial score (nSPS) is 11.6. The zero-order valence-electron chi connectivity index (χ0n) is 16.6. The first-order valence-corrected chi connectivity index (χ1v) is 12.3. The minimum absolute atomic E-state index is 0.0907. The van der Waals surface area contributed by atoms with Crippen LogP contribution in [0, 0.1) is 5.82 Å². The predicted molar refractivity (Wildman–Crippen MR) is 117 cm³/mol. The van der Waals surface area contributed by atoms with Crippen LogP contribution in [0.4, 0.5) is 21.7 Å². The number of hydrogen-bond donors (Lipinski definition) is 2. The highest BCUT2D eigenvalue weighted by Gasteiger charge is 2.21. The third-order valence-electron chi connectivity index (χ3n) is 4.04. The number of amides is 1. The van der Waals surface area contributed by atoms with Crippen molar-refractivity contribution in [2.24, 2.45) is 0 Å². The highest BCUT2D eigenvalue weighted by atomic mass is 32.2. The van der Waals surface area contributed by atoms with Crippen LogP contribution in [0.2, 0.25) is 0 Å². The van der Waals surface area contributed by atoms with Crippen LogP contribution >= 0.6 is 0 Å². The van der Waals surface area contributed by atoms with Gasteiger partial charge in [0.1, 0.15) is 12.4 Å². The lowest BCUT2D eigenvalue weighted by Gasteiger charge is -2.21. The molecule has 0 bridgehead atoms. The molecule has 10 nitrogen and oxygen atoms in total. The number of carbonyl (C=O) groups excluding carboxylic acids is 1. The number of aromatic nitrogens is 2. The van der Waals surface area contributed by atoms with Gasteiger partial charge in [-0.05, 0) is 54.6 Å². The van der Waals surface area contributed by atoms with E-state index in [1.165, 1.54) is 54.9 Å². The fourth-order valence-corrected chi connectivity index (χ4v) is 4.40. The maximum absolute atomic E-state index is 13.1. The second kappa shape index (κ2) is 9.28. The van der Waals surface area contributed by atoms with E-state index in [1.807, 2.05) is 0 Å². The van der Waals surface area contributed by atoms with Crippen molar-refractivity contribution in [1.29, 1.82) is 0 Å². The molecule has 0 aliphatic carbocycles. The first-order valence-electron chi connectivity index (χ1n) is 8.98. The number of rotatable bonds is 8. The summed E-state index contributed by atoms with van der Waals surface area (Å²) in [7, 11) is -7.77. The number of carbonyl (C=O) groups is 1. The summed E-state index contributed by atoms with van der Waals surface area (Å²) >= 11 is 0. The van der Waals surface area contributed by atoms with Crippen molar-refractivity contribution in [2.75, 3.05) is 27.1 Å². The van der Waals surface area contributed by atoms with Crippen LogP contribution in [0.25, 0.3) is 0 Å². The number of sulfonamides is 2. The second-order valence-electron chi connectivity index (χ2n) is 6.50. The van der Waals surface area contributed by atoms with Gasteiger partial charge in [-0.2, -0.15) is 0 Å². The maximum Gasteiger partial charge on any atom is 0.264 e. The van der Waals surface area contributed by atoms with Gasteiger partial charge in [-0.3, -0.25) is 9.10 Å². The van der Waals surface area contributed by atoms with E-state index in [4.69, 9.17) is 0 Å². The van der Waals surface area contributed by atoms with E-state index in [2.05, 4.69) is 20.0 Å². The summed E-state index contributed by atoms with van der Waals surface area (Å²) in [6.45, 7) is -0.558. The van der Waals surface area contributed by atoms with Crippen molar-refractivity contribution >= 4 is 43.3 Å². The first-order chi connectivity index (χ1) is 15.0. The molecule has 13 heteroatoms. The Hall–Kier alpha value is -3.58. The molecule has 1 aromatic heterocycles. The molecule has 1 heterocycles. The van der Waals surface area contributed by atoms with Crippen LogP contribution in [0.1, 0.15) is 0 Å². The molecule has 1 amide bonds. The summed E-state index contributed by atoms with van der Waals surface area (Å²) in [5, 5.41) is 2.49. The Morgan fingerprint density at radius 2 is 1.56 bits per heavy atom. The fourth-order valence-electron chi connectivity index (χ4n) is 2.59. The molecule has 0 saturated carbocycles. The van der Waals surface area contributed by atoms with Gasteiger partial charge >= 0.3 is 0 Å². The molecular formula is C19H18FN5O5S2. The van der Waals surface area contributed by atoms with Gasteiger partial charge in [0.25, 0.3) is 10.0 Å². The molecule has 32 heavy (non-hydrogen) atoms. The molecule has 0 fully saturated rings. The second-order valence-corrected chi connectivity index (χ2v) is 10.1. The predicted octanol–water partition coefficient (Wildman–Crippen LogP) is 1.82. The summed E-state index contributed by atoms with van der Waals surface area (Å²) in [5.74, 6) is -1.31.